The number of rotatable bonds is 5. The molecular weight excluding hydrogens is 230 g/mol. The van der Waals surface area contributed by atoms with Crippen LogP contribution in [0.25, 0.3) is 10.8 Å². The molecule has 0 fully saturated rings. The van der Waals surface area contributed by atoms with Gasteiger partial charge in [-0.05, 0) is 16.3 Å². The zero-order valence-electron chi connectivity index (χ0n) is 9.78. The van der Waals surface area contributed by atoms with Gasteiger partial charge in [0, 0.05) is 11.3 Å². The summed E-state index contributed by atoms with van der Waals surface area (Å²) < 4.78 is 0. The Hall–Kier alpha value is -2.23. The summed E-state index contributed by atoms with van der Waals surface area (Å²) in [5, 5.41) is 12.7. The van der Waals surface area contributed by atoms with E-state index in [2.05, 4.69) is 0 Å². The summed E-state index contributed by atoms with van der Waals surface area (Å²) in [6, 6.07) is 13.4. The molecule has 2 aromatic rings. The lowest BCUT2D eigenvalue weighted by molar-refractivity contribution is -0.483. The van der Waals surface area contributed by atoms with Gasteiger partial charge >= 0.3 is 0 Å². The lowest BCUT2D eigenvalue weighted by Gasteiger charge is -2.13. The first kappa shape index (κ1) is 12.2. The highest BCUT2D eigenvalue weighted by Gasteiger charge is 2.19. The molecule has 4 heteroatoms. The lowest BCUT2D eigenvalue weighted by atomic mass is 9.91. The Balaban J connectivity index is 2.49. The van der Waals surface area contributed by atoms with Gasteiger partial charge in [-0.2, -0.15) is 0 Å². The molecule has 4 nitrogen and oxygen atoms in total. The maximum Gasteiger partial charge on any atom is 0.211 e. The fourth-order valence-corrected chi connectivity index (χ4v) is 2.20. The van der Waals surface area contributed by atoms with Crippen molar-refractivity contribution in [3.8, 4) is 0 Å². The van der Waals surface area contributed by atoms with Gasteiger partial charge in [0.05, 0.1) is 5.92 Å². The molecule has 0 aliphatic rings. The van der Waals surface area contributed by atoms with Gasteiger partial charge in [0.25, 0.3) is 0 Å². The van der Waals surface area contributed by atoms with Crippen molar-refractivity contribution in [3.63, 3.8) is 0 Å². The Bertz CT molecular complexity index is 575. The molecule has 1 atom stereocenters. The monoisotopic (exact) mass is 243 g/mol. The van der Waals surface area contributed by atoms with Crippen LogP contribution in [0.15, 0.2) is 42.5 Å². The van der Waals surface area contributed by atoms with Gasteiger partial charge in [0.15, 0.2) is 0 Å². The molecule has 18 heavy (non-hydrogen) atoms. The number of fused-ring (bicyclic) bond motifs is 1. The smallest absolute Gasteiger partial charge is 0.211 e. The molecule has 0 aliphatic carbocycles. The molecule has 0 radical (unpaired) electrons. The minimum Gasteiger partial charge on any atom is -0.303 e. The molecule has 0 spiro atoms. The van der Waals surface area contributed by atoms with Crippen molar-refractivity contribution >= 4 is 17.1 Å². The van der Waals surface area contributed by atoms with Crippen LogP contribution in [0.3, 0.4) is 0 Å². The molecule has 2 aromatic carbocycles. The van der Waals surface area contributed by atoms with Crippen molar-refractivity contribution in [1.29, 1.82) is 0 Å². The van der Waals surface area contributed by atoms with Crippen LogP contribution in [0.5, 0.6) is 0 Å². The van der Waals surface area contributed by atoms with E-state index in [-0.39, 0.29) is 23.8 Å². The number of carbonyl (C=O) groups is 1. The fraction of sp³-hybridized carbons (Fsp3) is 0.214. The summed E-state index contributed by atoms with van der Waals surface area (Å²) in [6.07, 6.45) is 0.922. The summed E-state index contributed by atoms with van der Waals surface area (Å²) >= 11 is 0. The summed E-state index contributed by atoms with van der Waals surface area (Å²) in [7, 11) is 0. The zero-order chi connectivity index (χ0) is 13.0. The van der Waals surface area contributed by atoms with Crippen LogP contribution in [0.1, 0.15) is 17.9 Å². The van der Waals surface area contributed by atoms with Crippen LogP contribution in [0, 0.1) is 10.1 Å². The van der Waals surface area contributed by atoms with Gasteiger partial charge in [-0.1, -0.05) is 42.5 Å². The summed E-state index contributed by atoms with van der Waals surface area (Å²) in [6.45, 7) is -0.216. The van der Waals surface area contributed by atoms with Crippen molar-refractivity contribution in [3.05, 3.63) is 58.1 Å². The Morgan fingerprint density at radius 1 is 1.17 bits per heavy atom. The second-order valence-electron chi connectivity index (χ2n) is 4.18. The van der Waals surface area contributed by atoms with Crippen LogP contribution >= 0.6 is 0 Å². The average molecular weight is 243 g/mol. The SMILES string of the molecule is O=CC[C@H](C[N+](=O)[O-])c1cccc2ccccc12. The van der Waals surface area contributed by atoms with E-state index in [1.807, 2.05) is 42.5 Å². The molecule has 0 N–H and O–H groups in total. The van der Waals surface area contributed by atoms with E-state index in [1.165, 1.54) is 0 Å². The van der Waals surface area contributed by atoms with Crippen molar-refractivity contribution in [2.24, 2.45) is 0 Å². The molecule has 0 heterocycles. The number of carbonyl (C=O) groups excluding carboxylic acids is 1. The number of hydrogen-bond acceptors (Lipinski definition) is 3. The number of benzene rings is 2. The Morgan fingerprint density at radius 3 is 2.61 bits per heavy atom. The van der Waals surface area contributed by atoms with Gasteiger partial charge < -0.3 is 4.79 Å². The average Bonchev–Trinajstić information content (AvgIpc) is 2.37. The van der Waals surface area contributed by atoms with E-state index in [0.29, 0.717) is 0 Å². The predicted octanol–water partition coefficient (Wildman–Crippen LogP) is 2.79. The molecular formula is C14H13NO3. The summed E-state index contributed by atoms with van der Waals surface area (Å²) in [5.74, 6) is -0.358. The minimum atomic E-state index is -0.365. The Kier molecular flexibility index (Phi) is 3.67. The summed E-state index contributed by atoms with van der Waals surface area (Å²) in [5.41, 5.74) is 0.872. The van der Waals surface area contributed by atoms with Gasteiger partial charge in [-0.25, -0.2) is 0 Å². The molecule has 0 saturated heterocycles. The lowest BCUT2D eigenvalue weighted by Crippen LogP contribution is -2.13. The Labute approximate surface area is 104 Å². The highest BCUT2D eigenvalue weighted by molar-refractivity contribution is 5.86. The molecule has 0 amide bonds. The van der Waals surface area contributed by atoms with E-state index in [1.54, 1.807) is 0 Å². The maximum atomic E-state index is 10.7. The third kappa shape index (κ3) is 2.53. The van der Waals surface area contributed by atoms with Crippen molar-refractivity contribution in [2.45, 2.75) is 12.3 Å². The third-order valence-corrected chi connectivity index (χ3v) is 3.01. The predicted molar refractivity (Wildman–Crippen MR) is 69.2 cm³/mol. The highest BCUT2D eigenvalue weighted by Crippen LogP contribution is 2.27. The number of nitrogens with zero attached hydrogens (tertiary/aromatic N) is 1. The first-order chi connectivity index (χ1) is 8.72. The van der Waals surface area contributed by atoms with Crippen molar-refractivity contribution in [1.82, 2.24) is 0 Å². The van der Waals surface area contributed by atoms with Gasteiger partial charge in [0.2, 0.25) is 6.54 Å². The quantitative estimate of drug-likeness (QED) is 0.461. The van der Waals surface area contributed by atoms with E-state index in [4.69, 9.17) is 0 Å². The van der Waals surface area contributed by atoms with Gasteiger partial charge in [-0.3, -0.25) is 10.1 Å². The Morgan fingerprint density at radius 2 is 1.89 bits per heavy atom. The molecule has 0 aromatic heterocycles. The van der Waals surface area contributed by atoms with E-state index < -0.39 is 0 Å². The van der Waals surface area contributed by atoms with Crippen LogP contribution in [0.2, 0.25) is 0 Å². The fourth-order valence-electron chi connectivity index (χ4n) is 2.20. The molecule has 0 aliphatic heterocycles. The zero-order valence-corrected chi connectivity index (χ0v) is 9.78. The standard InChI is InChI=1S/C14H13NO3/c16-9-8-12(10-15(17)18)14-7-3-5-11-4-1-2-6-13(11)14/h1-7,9,12H,8,10H2/t12-/m1/s1. The molecule has 92 valence electrons. The first-order valence-corrected chi connectivity index (χ1v) is 5.75. The molecule has 2 rings (SSSR count). The second kappa shape index (κ2) is 5.40. The van der Waals surface area contributed by atoms with Crippen molar-refractivity contribution in [2.75, 3.05) is 6.54 Å². The number of hydrogen-bond donors (Lipinski definition) is 0. The normalized spacial score (nSPS) is 12.2. The minimum absolute atomic E-state index is 0.176. The van der Waals surface area contributed by atoms with Gasteiger partial charge in [-0.15, -0.1) is 0 Å². The highest BCUT2D eigenvalue weighted by atomic mass is 16.6. The van der Waals surface area contributed by atoms with E-state index in [0.717, 1.165) is 22.6 Å². The van der Waals surface area contributed by atoms with Crippen LogP contribution in [-0.2, 0) is 4.79 Å². The maximum absolute atomic E-state index is 10.7. The molecule has 0 bridgehead atoms. The van der Waals surface area contributed by atoms with Crippen LogP contribution in [0.4, 0.5) is 0 Å². The van der Waals surface area contributed by atoms with Crippen molar-refractivity contribution < 1.29 is 9.72 Å². The number of aldehydes is 1. The topological polar surface area (TPSA) is 60.2 Å². The van der Waals surface area contributed by atoms with Crippen LogP contribution in [-0.4, -0.2) is 17.8 Å². The van der Waals surface area contributed by atoms with E-state index in [9.17, 15) is 14.9 Å². The molecule has 0 unspecified atom stereocenters. The summed E-state index contributed by atoms with van der Waals surface area (Å²) in [4.78, 5) is 21.0. The second-order valence-corrected chi connectivity index (χ2v) is 4.18. The first-order valence-electron chi connectivity index (χ1n) is 5.75. The van der Waals surface area contributed by atoms with E-state index >= 15 is 0 Å². The molecule has 0 saturated carbocycles. The third-order valence-electron chi connectivity index (χ3n) is 3.01. The largest absolute Gasteiger partial charge is 0.303 e. The van der Waals surface area contributed by atoms with Gasteiger partial charge in [0.1, 0.15) is 6.29 Å². The number of nitro groups is 1. The van der Waals surface area contributed by atoms with Crippen LogP contribution < -0.4 is 0 Å².